The Bertz CT molecular complexity index is 1670. The number of nitrogens with one attached hydrogen (secondary N) is 3. The maximum absolute atomic E-state index is 14.1. The molecule has 5 N–H and O–H groups in total. The van der Waals surface area contributed by atoms with Crippen molar-refractivity contribution >= 4 is 39.9 Å². The van der Waals surface area contributed by atoms with E-state index in [4.69, 9.17) is 21.1 Å². The van der Waals surface area contributed by atoms with Crippen molar-refractivity contribution in [1.82, 2.24) is 34.4 Å². The molecule has 0 unspecified atom stereocenters. The second-order valence-corrected chi connectivity index (χ2v) is 8.79. The number of nitrogens with two attached hydrogens (primary N) is 1. The first-order chi connectivity index (χ1) is 18.4. The zero-order chi connectivity index (χ0) is 26.4. The highest BCUT2D eigenvalue weighted by atomic mass is 19.2. The molecule has 5 aromatic rings. The first kappa shape index (κ1) is 23.5. The first-order valence-electron chi connectivity index (χ1n) is 11.8. The van der Waals surface area contributed by atoms with E-state index in [2.05, 4.69) is 20.3 Å². The van der Waals surface area contributed by atoms with Crippen LogP contribution in [0.2, 0.25) is 0 Å². The van der Waals surface area contributed by atoms with Crippen molar-refractivity contribution in [3.63, 3.8) is 0 Å². The molecule has 38 heavy (non-hydrogen) atoms. The number of imidazole rings is 2. The van der Waals surface area contributed by atoms with E-state index in [1.54, 1.807) is 21.6 Å². The van der Waals surface area contributed by atoms with Crippen LogP contribution in [0, 0.1) is 22.9 Å². The average molecular weight is 522 g/mol. The zero-order valence-electron chi connectivity index (χ0n) is 19.9. The molecule has 1 aliphatic rings. The molecule has 11 nitrogen and oxygen atoms in total. The van der Waals surface area contributed by atoms with Gasteiger partial charge < -0.3 is 25.8 Å². The Hall–Kier alpha value is -4.88. The van der Waals surface area contributed by atoms with Crippen LogP contribution in [0.15, 0.2) is 42.7 Å². The minimum absolute atomic E-state index is 0.00899. The standard InChI is InChI=1S/C24H22F3N11/c25-13-2-1-3-14(10-13)38-12-31-20-21(30-11-17-32-16-5-4-15(26)18(27)19(16)33-17)34-24(35-22(20)38)37-8-6-36(7-9-37)23(28)29/h1-5,10,12H,6-9,11H2,(H3,28,29)(H,32,33)(H,30,34,35). The number of guanidine groups is 1. The number of aromatic amines is 1. The maximum Gasteiger partial charge on any atom is 0.229 e. The Morgan fingerprint density at radius 3 is 2.61 bits per heavy atom. The molecule has 0 aliphatic carbocycles. The predicted molar refractivity (Wildman–Crippen MR) is 136 cm³/mol. The van der Waals surface area contributed by atoms with E-state index in [9.17, 15) is 13.2 Å². The van der Waals surface area contributed by atoms with Crippen molar-refractivity contribution in [3.05, 3.63) is 66.0 Å². The highest BCUT2D eigenvalue weighted by Gasteiger charge is 2.23. The van der Waals surface area contributed by atoms with Crippen molar-refractivity contribution in [1.29, 1.82) is 5.41 Å². The van der Waals surface area contributed by atoms with Crippen LogP contribution >= 0.6 is 0 Å². The van der Waals surface area contributed by atoms with Crippen LogP contribution in [-0.4, -0.2) is 66.5 Å². The van der Waals surface area contributed by atoms with Crippen LogP contribution in [0.4, 0.5) is 24.9 Å². The van der Waals surface area contributed by atoms with E-state index in [1.165, 1.54) is 24.5 Å². The zero-order valence-corrected chi connectivity index (χ0v) is 19.9. The second kappa shape index (κ2) is 9.21. The largest absolute Gasteiger partial charge is 0.370 e. The molecule has 194 valence electrons. The number of hydrogen-bond donors (Lipinski definition) is 4. The van der Waals surface area contributed by atoms with E-state index in [0.29, 0.717) is 66.1 Å². The van der Waals surface area contributed by atoms with Crippen molar-refractivity contribution in [3.8, 4) is 5.69 Å². The maximum atomic E-state index is 14.1. The van der Waals surface area contributed by atoms with Gasteiger partial charge in [0, 0.05) is 26.2 Å². The van der Waals surface area contributed by atoms with E-state index >= 15 is 0 Å². The Kier molecular flexibility index (Phi) is 5.70. The van der Waals surface area contributed by atoms with E-state index in [-0.39, 0.29) is 18.0 Å². The molecule has 0 bridgehead atoms. The topological polar surface area (TPSA) is 141 Å². The summed E-state index contributed by atoms with van der Waals surface area (Å²) in [5, 5.41) is 10.9. The van der Waals surface area contributed by atoms with Gasteiger partial charge in [0.05, 0.1) is 17.7 Å². The molecule has 14 heteroatoms. The van der Waals surface area contributed by atoms with Gasteiger partial charge in [-0.25, -0.2) is 23.1 Å². The monoisotopic (exact) mass is 521 g/mol. The number of benzene rings is 2. The lowest BCUT2D eigenvalue weighted by molar-refractivity contribution is 0.377. The summed E-state index contributed by atoms with van der Waals surface area (Å²) in [6.45, 7) is 2.25. The molecule has 1 aliphatic heterocycles. The van der Waals surface area contributed by atoms with Gasteiger partial charge in [-0.3, -0.25) is 9.98 Å². The summed E-state index contributed by atoms with van der Waals surface area (Å²) >= 11 is 0. The molecule has 0 atom stereocenters. The van der Waals surface area contributed by atoms with Crippen molar-refractivity contribution in [2.24, 2.45) is 5.73 Å². The Labute approximate surface area is 213 Å². The lowest BCUT2D eigenvalue weighted by Gasteiger charge is -2.34. The number of nitrogens with zero attached hydrogens (tertiary/aromatic N) is 7. The van der Waals surface area contributed by atoms with Crippen molar-refractivity contribution in [2.75, 3.05) is 36.4 Å². The van der Waals surface area contributed by atoms with Crippen LogP contribution < -0.4 is 16.0 Å². The molecular formula is C24H22F3N11. The fourth-order valence-corrected chi connectivity index (χ4v) is 4.44. The third kappa shape index (κ3) is 4.19. The lowest BCUT2D eigenvalue weighted by Crippen LogP contribution is -2.51. The van der Waals surface area contributed by atoms with Gasteiger partial charge in [-0.15, -0.1) is 0 Å². The number of halogens is 3. The number of aromatic nitrogens is 6. The summed E-state index contributed by atoms with van der Waals surface area (Å²) in [4.78, 5) is 24.8. The molecule has 1 saturated heterocycles. The van der Waals surface area contributed by atoms with Gasteiger partial charge >= 0.3 is 0 Å². The molecule has 1 fully saturated rings. The highest BCUT2D eigenvalue weighted by molar-refractivity contribution is 5.86. The summed E-state index contributed by atoms with van der Waals surface area (Å²) in [7, 11) is 0. The van der Waals surface area contributed by atoms with Gasteiger partial charge in [-0.2, -0.15) is 9.97 Å². The Balaban J connectivity index is 1.37. The summed E-state index contributed by atoms with van der Waals surface area (Å²) in [6.07, 6.45) is 1.54. The fraction of sp³-hybridized carbons (Fsp3) is 0.208. The molecule has 0 saturated carbocycles. The lowest BCUT2D eigenvalue weighted by atomic mass is 10.3. The van der Waals surface area contributed by atoms with E-state index < -0.39 is 17.5 Å². The summed E-state index contributed by atoms with van der Waals surface area (Å²) in [5.74, 6) is -1.20. The number of piperazine rings is 1. The van der Waals surface area contributed by atoms with Crippen LogP contribution in [0.5, 0.6) is 0 Å². The number of anilines is 2. The molecule has 6 rings (SSSR count). The van der Waals surface area contributed by atoms with Gasteiger partial charge in [0.2, 0.25) is 5.95 Å². The van der Waals surface area contributed by atoms with Crippen molar-refractivity contribution in [2.45, 2.75) is 6.54 Å². The fourth-order valence-electron chi connectivity index (χ4n) is 4.44. The van der Waals surface area contributed by atoms with E-state index in [1.807, 2.05) is 4.90 Å². The van der Waals surface area contributed by atoms with Crippen molar-refractivity contribution < 1.29 is 13.2 Å². The van der Waals surface area contributed by atoms with Crippen LogP contribution in [0.1, 0.15) is 5.82 Å². The van der Waals surface area contributed by atoms with Gasteiger partial charge in [-0.05, 0) is 30.3 Å². The summed E-state index contributed by atoms with van der Waals surface area (Å²) < 4.78 is 43.4. The molecule has 3 aromatic heterocycles. The second-order valence-electron chi connectivity index (χ2n) is 8.79. The third-order valence-corrected chi connectivity index (χ3v) is 6.39. The van der Waals surface area contributed by atoms with Crippen LogP contribution in [0.3, 0.4) is 0 Å². The first-order valence-corrected chi connectivity index (χ1v) is 11.8. The molecule has 4 heterocycles. The average Bonchev–Trinajstić information content (AvgIpc) is 3.54. The van der Waals surface area contributed by atoms with E-state index in [0.717, 1.165) is 6.07 Å². The number of fused-ring (bicyclic) bond motifs is 2. The summed E-state index contributed by atoms with van der Waals surface area (Å²) in [6, 6.07) is 8.54. The molecule has 0 amide bonds. The molecule has 0 spiro atoms. The van der Waals surface area contributed by atoms with Gasteiger partial charge in [0.1, 0.15) is 23.5 Å². The SMILES string of the molecule is N=C(N)N1CCN(c2nc(NCc3nc4c(F)c(F)ccc4[nH]3)c3ncn(-c4cccc(F)c4)c3n2)CC1. The Morgan fingerprint density at radius 2 is 1.84 bits per heavy atom. The quantitative estimate of drug-likeness (QED) is 0.204. The predicted octanol–water partition coefficient (Wildman–Crippen LogP) is 2.74. The number of H-pyrrole nitrogens is 1. The molecular weight excluding hydrogens is 499 g/mol. The van der Waals surface area contributed by atoms with Gasteiger partial charge in [0.15, 0.2) is 34.6 Å². The minimum Gasteiger partial charge on any atom is -0.370 e. The third-order valence-electron chi connectivity index (χ3n) is 6.39. The summed E-state index contributed by atoms with van der Waals surface area (Å²) in [5.41, 5.74) is 7.34. The molecule has 2 aromatic carbocycles. The van der Waals surface area contributed by atoms with Crippen LogP contribution in [0.25, 0.3) is 27.9 Å². The normalized spacial score (nSPS) is 14.0. The number of rotatable bonds is 5. The molecule has 0 radical (unpaired) electrons. The van der Waals surface area contributed by atoms with Gasteiger partial charge in [-0.1, -0.05) is 6.07 Å². The van der Waals surface area contributed by atoms with Crippen LogP contribution in [-0.2, 0) is 6.54 Å². The smallest absolute Gasteiger partial charge is 0.229 e. The highest BCUT2D eigenvalue weighted by Crippen LogP contribution is 2.26. The number of hydrogen-bond acceptors (Lipinski definition) is 7. The minimum atomic E-state index is -1.02. The Morgan fingerprint density at radius 1 is 1.03 bits per heavy atom. The van der Waals surface area contributed by atoms with Gasteiger partial charge in [0.25, 0.3) is 0 Å².